The van der Waals surface area contributed by atoms with Gasteiger partial charge in [-0.1, -0.05) is 123 Å². The van der Waals surface area contributed by atoms with Crippen molar-refractivity contribution in [3.8, 4) is 17.2 Å². The van der Waals surface area contributed by atoms with Crippen molar-refractivity contribution < 1.29 is 14.9 Å². The first-order chi connectivity index (χ1) is 16.6. The van der Waals surface area contributed by atoms with Gasteiger partial charge in [0, 0.05) is 0 Å². The maximum atomic E-state index is 10.5. The minimum absolute atomic E-state index is 0.0925. The molecule has 0 unspecified atom stereocenters. The van der Waals surface area contributed by atoms with Crippen LogP contribution in [0.25, 0.3) is 0 Å². The first-order valence-electron chi connectivity index (χ1n) is 14.8. The van der Waals surface area contributed by atoms with Gasteiger partial charge >= 0.3 is 0 Å². The summed E-state index contributed by atoms with van der Waals surface area (Å²) >= 11 is 0. The van der Waals surface area contributed by atoms with Crippen LogP contribution in [0.4, 0.5) is 0 Å². The predicted octanol–water partition coefficient (Wildman–Crippen LogP) is 10.5. The molecule has 2 N–H and O–H groups in total. The van der Waals surface area contributed by atoms with Gasteiger partial charge < -0.3 is 14.9 Å². The molecule has 34 heavy (non-hydrogen) atoms. The van der Waals surface area contributed by atoms with Gasteiger partial charge in [0.2, 0.25) is 5.75 Å². The Hall–Kier alpha value is -1.38. The lowest BCUT2D eigenvalue weighted by Crippen LogP contribution is -2.36. The second kappa shape index (κ2) is 19.9. The Morgan fingerprint density at radius 3 is 1.35 bits per heavy atom. The van der Waals surface area contributed by atoms with E-state index in [2.05, 4.69) is 20.8 Å². The van der Waals surface area contributed by atoms with Crippen LogP contribution in [-0.2, 0) is 0 Å². The fourth-order valence-corrected chi connectivity index (χ4v) is 5.04. The smallest absolute Gasteiger partial charge is 0.200 e. The van der Waals surface area contributed by atoms with Crippen molar-refractivity contribution in [2.75, 3.05) is 0 Å². The van der Waals surface area contributed by atoms with Crippen LogP contribution in [0.3, 0.4) is 0 Å². The number of phenols is 2. The highest BCUT2D eigenvalue weighted by Crippen LogP contribution is 2.41. The van der Waals surface area contributed by atoms with E-state index in [1.807, 2.05) is 6.07 Å². The van der Waals surface area contributed by atoms with Crippen molar-refractivity contribution in [2.24, 2.45) is 0 Å². The minimum atomic E-state index is -0.245. The Morgan fingerprint density at radius 2 is 0.941 bits per heavy atom. The highest BCUT2D eigenvalue weighted by Gasteiger charge is 2.32. The van der Waals surface area contributed by atoms with E-state index in [-0.39, 0.29) is 17.1 Å². The normalized spacial score (nSPS) is 11.7. The fraction of sp³-hybridized carbons (Fsp3) is 0.806. The molecular weight excluding hydrogens is 420 g/mol. The lowest BCUT2D eigenvalue weighted by molar-refractivity contribution is 0.0305. The average molecular weight is 477 g/mol. The van der Waals surface area contributed by atoms with Crippen LogP contribution >= 0.6 is 0 Å². The molecule has 0 saturated heterocycles. The van der Waals surface area contributed by atoms with Gasteiger partial charge in [0.1, 0.15) is 5.60 Å². The molecule has 0 aromatic heterocycles. The highest BCUT2D eigenvalue weighted by atomic mass is 16.5. The summed E-state index contributed by atoms with van der Waals surface area (Å²) in [6, 6.07) is 5.11. The Kier molecular flexibility index (Phi) is 17.9. The van der Waals surface area contributed by atoms with E-state index >= 15 is 0 Å². The summed E-state index contributed by atoms with van der Waals surface area (Å²) in [4.78, 5) is 0. The zero-order valence-corrected chi connectivity index (χ0v) is 22.9. The SMILES string of the molecule is CCCCCCCCC(CCCCCCCC)(CCCCCCCC)Oc1cccc(O)c1O. The van der Waals surface area contributed by atoms with Gasteiger partial charge in [0.25, 0.3) is 0 Å². The molecule has 0 fully saturated rings. The number of ether oxygens (including phenoxy) is 1. The molecule has 3 heteroatoms. The van der Waals surface area contributed by atoms with Gasteiger partial charge in [-0.3, -0.25) is 0 Å². The number of benzene rings is 1. The van der Waals surface area contributed by atoms with Crippen LogP contribution in [0.5, 0.6) is 17.2 Å². The van der Waals surface area contributed by atoms with E-state index in [4.69, 9.17) is 4.74 Å². The zero-order valence-electron chi connectivity index (χ0n) is 22.9. The van der Waals surface area contributed by atoms with Crippen molar-refractivity contribution >= 4 is 0 Å². The first-order valence-corrected chi connectivity index (χ1v) is 14.8. The molecule has 0 atom stereocenters. The van der Waals surface area contributed by atoms with Gasteiger partial charge in [0.15, 0.2) is 11.5 Å². The number of aromatic hydroxyl groups is 2. The Bertz CT molecular complexity index is 558. The van der Waals surface area contributed by atoms with Gasteiger partial charge in [0.05, 0.1) is 0 Å². The average Bonchev–Trinajstić information content (AvgIpc) is 2.83. The zero-order chi connectivity index (χ0) is 24.9. The summed E-state index contributed by atoms with van der Waals surface area (Å²) in [6.07, 6.45) is 26.1. The Labute approximate surface area is 211 Å². The van der Waals surface area contributed by atoms with Crippen molar-refractivity contribution in [1.82, 2.24) is 0 Å². The van der Waals surface area contributed by atoms with Crippen LogP contribution < -0.4 is 4.74 Å². The Balaban J connectivity index is 2.86. The summed E-state index contributed by atoms with van der Waals surface area (Å²) in [5, 5.41) is 20.5. The molecule has 0 amide bonds. The van der Waals surface area contributed by atoms with Gasteiger partial charge in [-0.05, 0) is 50.7 Å². The van der Waals surface area contributed by atoms with E-state index in [0.717, 1.165) is 19.3 Å². The molecule has 198 valence electrons. The second-order valence-corrected chi connectivity index (χ2v) is 10.5. The summed E-state index contributed by atoms with van der Waals surface area (Å²) in [5.74, 6) is 0.244. The highest BCUT2D eigenvalue weighted by molar-refractivity contribution is 5.49. The molecule has 0 spiro atoms. The van der Waals surface area contributed by atoms with Gasteiger partial charge in [-0.2, -0.15) is 0 Å². The maximum Gasteiger partial charge on any atom is 0.200 e. The molecule has 1 aromatic carbocycles. The summed E-state index contributed by atoms with van der Waals surface area (Å²) in [6.45, 7) is 6.80. The number of rotatable bonds is 23. The lowest BCUT2D eigenvalue weighted by atomic mass is 9.84. The largest absolute Gasteiger partial charge is 0.504 e. The van der Waals surface area contributed by atoms with Crippen LogP contribution in [0.15, 0.2) is 18.2 Å². The third-order valence-electron chi connectivity index (χ3n) is 7.26. The van der Waals surface area contributed by atoms with Crippen LogP contribution in [0, 0.1) is 0 Å². The van der Waals surface area contributed by atoms with Gasteiger partial charge in [-0.15, -0.1) is 0 Å². The van der Waals surface area contributed by atoms with Crippen molar-refractivity contribution in [3.63, 3.8) is 0 Å². The van der Waals surface area contributed by atoms with Crippen molar-refractivity contribution in [3.05, 3.63) is 18.2 Å². The summed E-state index contributed by atoms with van der Waals surface area (Å²) in [7, 11) is 0. The molecule has 1 aromatic rings. The van der Waals surface area contributed by atoms with Crippen molar-refractivity contribution in [2.45, 2.75) is 161 Å². The second-order valence-electron chi connectivity index (χ2n) is 10.5. The number of hydrogen-bond acceptors (Lipinski definition) is 3. The molecule has 0 bridgehead atoms. The van der Waals surface area contributed by atoms with Gasteiger partial charge in [-0.25, -0.2) is 0 Å². The molecule has 0 aliphatic rings. The van der Waals surface area contributed by atoms with Crippen LogP contribution in [0.1, 0.15) is 156 Å². The first kappa shape index (κ1) is 30.7. The van der Waals surface area contributed by atoms with E-state index in [1.165, 1.54) is 122 Å². The number of para-hydroxylation sites is 1. The number of hydrogen-bond donors (Lipinski definition) is 2. The molecule has 0 saturated carbocycles. The maximum absolute atomic E-state index is 10.5. The van der Waals surface area contributed by atoms with E-state index in [0.29, 0.717) is 5.75 Å². The molecule has 0 aliphatic carbocycles. The molecule has 0 radical (unpaired) electrons. The molecule has 3 nitrogen and oxygen atoms in total. The third kappa shape index (κ3) is 13.5. The minimum Gasteiger partial charge on any atom is -0.504 e. The molecule has 0 heterocycles. The lowest BCUT2D eigenvalue weighted by Gasteiger charge is -2.36. The van der Waals surface area contributed by atoms with E-state index in [1.54, 1.807) is 6.07 Å². The monoisotopic (exact) mass is 476 g/mol. The van der Waals surface area contributed by atoms with E-state index < -0.39 is 0 Å². The third-order valence-corrected chi connectivity index (χ3v) is 7.26. The van der Waals surface area contributed by atoms with E-state index in [9.17, 15) is 10.2 Å². The number of phenolic OH excluding ortho intramolecular Hbond substituents is 2. The molecule has 0 aliphatic heterocycles. The summed E-state index contributed by atoms with van der Waals surface area (Å²) < 4.78 is 6.69. The molecular formula is C31H56O3. The standard InChI is InChI=1S/C31H56O3/c1-4-7-10-13-16-19-25-31(26-20-17-14-11-8-5-2,27-21-18-15-12-9-6-3)34-29-24-22-23-28(32)30(29)33/h22-24,32-33H,4-21,25-27H2,1-3H3. The van der Waals surface area contributed by atoms with Crippen LogP contribution in [-0.4, -0.2) is 15.8 Å². The quantitative estimate of drug-likeness (QED) is 0.122. The topological polar surface area (TPSA) is 49.7 Å². The van der Waals surface area contributed by atoms with Crippen LogP contribution in [0.2, 0.25) is 0 Å². The number of unbranched alkanes of at least 4 members (excludes halogenated alkanes) is 15. The summed E-state index contributed by atoms with van der Waals surface area (Å²) in [5.41, 5.74) is -0.245. The Morgan fingerprint density at radius 1 is 0.559 bits per heavy atom. The van der Waals surface area contributed by atoms with Crippen molar-refractivity contribution in [1.29, 1.82) is 0 Å². The predicted molar refractivity (Wildman–Crippen MR) is 147 cm³/mol. The fourth-order valence-electron chi connectivity index (χ4n) is 5.04. The molecule has 1 rings (SSSR count).